The second-order valence-corrected chi connectivity index (χ2v) is 7.34. The van der Waals surface area contributed by atoms with E-state index in [1.807, 2.05) is 0 Å². The summed E-state index contributed by atoms with van der Waals surface area (Å²) < 4.78 is 34.6. The Hall–Kier alpha value is -2.66. The van der Waals surface area contributed by atoms with Gasteiger partial charge in [0.05, 0.1) is 15.5 Å². The number of ether oxygens (including phenoxy) is 1. The molecule has 11 heteroatoms. The molecule has 0 unspecified atom stereocenters. The zero-order chi connectivity index (χ0) is 18.0. The fourth-order valence-electron chi connectivity index (χ4n) is 1.71. The smallest absolute Gasteiger partial charge is 0.415 e. The van der Waals surface area contributed by atoms with Gasteiger partial charge in [-0.2, -0.15) is 0 Å². The Morgan fingerprint density at radius 2 is 2.04 bits per heavy atom. The maximum Gasteiger partial charge on any atom is 0.415 e. The van der Waals surface area contributed by atoms with E-state index in [4.69, 9.17) is 9.94 Å². The van der Waals surface area contributed by atoms with E-state index in [9.17, 15) is 18.4 Å². The summed E-state index contributed by atoms with van der Waals surface area (Å²) in [4.78, 5) is 11.1. The van der Waals surface area contributed by atoms with E-state index in [-0.39, 0.29) is 16.4 Å². The highest BCUT2D eigenvalue weighted by Gasteiger charge is 2.37. The first-order valence-electron chi connectivity index (χ1n) is 6.67. The SMILES string of the molecule is CC(C)(COc1no[n+]([O-])c1S(=O)(=O)c1ccccc1)C(=O)NO. The highest BCUT2D eigenvalue weighted by molar-refractivity contribution is 7.91. The fraction of sp³-hybridized carbons (Fsp3) is 0.308. The molecule has 0 aliphatic heterocycles. The molecule has 0 bridgehead atoms. The van der Waals surface area contributed by atoms with E-state index in [1.165, 1.54) is 43.6 Å². The van der Waals surface area contributed by atoms with Crippen LogP contribution in [0.2, 0.25) is 0 Å². The Kier molecular flexibility index (Phi) is 4.76. The fourth-order valence-corrected chi connectivity index (χ4v) is 3.00. The van der Waals surface area contributed by atoms with Gasteiger partial charge in [-0.1, -0.05) is 18.2 Å². The molecule has 130 valence electrons. The van der Waals surface area contributed by atoms with Crippen LogP contribution in [0.4, 0.5) is 0 Å². The van der Waals surface area contributed by atoms with Crippen LogP contribution in [0.5, 0.6) is 5.88 Å². The highest BCUT2D eigenvalue weighted by atomic mass is 32.2. The van der Waals surface area contributed by atoms with Gasteiger partial charge in [-0.15, -0.1) is 0 Å². The van der Waals surface area contributed by atoms with E-state index < -0.39 is 32.1 Å². The van der Waals surface area contributed by atoms with Crippen molar-refractivity contribution in [3.05, 3.63) is 35.5 Å². The predicted molar refractivity (Wildman–Crippen MR) is 76.6 cm³/mol. The molecule has 1 amide bonds. The van der Waals surface area contributed by atoms with Gasteiger partial charge in [-0.3, -0.25) is 14.6 Å². The Morgan fingerprint density at radius 3 is 2.62 bits per heavy atom. The number of benzene rings is 1. The molecule has 0 aliphatic carbocycles. The molecule has 0 fully saturated rings. The summed E-state index contributed by atoms with van der Waals surface area (Å²) in [6, 6.07) is 7.20. The van der Waals surface area contributed by atoms with Crippen molar-refractivity contribution in [1.82, 2.24) is 10.6 Å². The molecule has 0 saturated carbocycles. The number of hydrogen-bond donors (Lipinski definition) is 2. The molecule has 0 atom stereocenters. The first-order chi connectivity index (χ1) is 11.2. The molecule has 2 rings (SSSR count). The van der Waals surface area contributed by atoms with E-state index in [0.717, 1.165) is 0 Å². The number of hydroxylamine groups is 1. The van der Waals surface area contributed by atoms with Gasteiger partial charge in [0.1, 0.15) is 6.61 Å². The number of carbonyl (C=O) groups is 1. The minimum absolute atomic E-state index is 0.144. The van der Waals surface area contributed by atoms with E-state index >= 15 is 0 Å². The maximum absolute atomic E-state index is 12.5. The summed E-state index contributed by atoms with van der Waals surface area (Å²) in [6.45, 7) is 2.52. The zero-order valence-corrected chi connectivity index (χ0v) is 13.6. The number of amides is 1. The molecule has 0 spiro atoms. The van der Waals surface area contributed by atoms with Crippen molar-refractivity contribution in [3.8, 4) is 5.88 Å². The van der Waals surface area contributed by atoms with E-state index in [2.05, 4.69) is 9.79 Å². The Morgan fingerprint density at radius 1 is 1.42 bits per heavy atom. The van der Waals surface area contributed by atoms with Gasteiger partial charge >= 0.3 is 10.9 Å². The van der Waals surface area contributed by atoms with Crippen molar-refractivity contribution in [2.24, 2.45) is 5.41 Å². The molecule has 2 aromatic rings. The van der Waals surface area contributed by atoms with Gasteiger partial charge in [-0.05, 0) is 30.9 Å². The van der Waals surface area contributed by atoms with Crippen LogP contribution in [0.3, 0.4) is 0 Å². The first kappa shape index (κ1) is 17.7. The van der Waals surface area contributed by atoms with Gasteiger partial charge in [0.2, 0.25) is 0 Å². The van der Waals surface area contributed by atoms with E-state index in [1.54, 1.807) is 6.07 Å². The third-order valence-electron chi connectivity index (χ3n) is 3.14. The first-order valence-corrected chi connectivity index (χ1v) is 8.15. The average molecular weight is 357 g/mol. The van der Waals surface area contributed by atoms with Crippen molar-refractivity contribution >= 4 is 15.7 Å². The van der Waals surface area contributed by atoms with Crippen LogP contribution in [0, 0.1) is 10.6 Å². The molecule has 10 nitrogen and oxygen atoms in total. The quantitative estimate of drug-likeness (QED) is 0.419. The van der Waals surface area contributed by atoms with Gasteiger partial charge in [0, 0.05) is 0 Å². The van der Waals surface area contributed by atoms with Crippen LogP contribution in [-0.4, -0.2) is 31.3 Å². The number of hydrogen-bond acceptors (Lipinski definition) is 8. The van der Waals surface area contributed by atoms with Crippen LogP contribution < -0.4 is 15.1 Å². The second kappa shape index (κ2) is 6.45. The van der Waals surface area contributed by atoms with Crippen molar-refractivity contribution in [2.75, 3.05) is 6.61 Å². The Bertz CT molecular complexity index is 831. The second-order valence-electron chi connectivity index (χ2n) is 5.47. The third-order valence-corrected chi connectivity index (χ3v) is 4.87. The summed E-state index contributed by atoms with van der Waals surface area (Å²) in [7, 11) is -4.23. The van der Waals surface area contributed by atoms with Crippen LogP contribution in [0.25, 0.3) is 0 Å². The van der Waals surface area contributed by atoms with Crippen LogP contribution in [-0.2, 0) is 14.6 Å². The largest absolute Gasteiger partial charge is 0.453 e. The lowest BCUT2D eigenvalue weighted by atomic mass is 9.94. The Labute approximate surface area is 137 Å². The van der Waals surface area contributed by atoms with Crippen LogP contribution >= 0.6 is 0 Å². The lowest BCUT2D eigenvalue weighted by Gasteiger charge is -2.20. The number of nitrogens with one attached hydrogen (secondary N) is 1. The number of rotatable bonds is 6. The summed E-state index contributed by atoms with van der Waals surface area (Å²) in [6.07, 6.45) is 0. The minimum Gasteiger partial charge on any atom is -0.453 e. The lowest BCUT2D eigenvalue weighted by molar-refractivity contribution is -0.832. The van der Waals surface area contributed by atoms with Gasteiger partial charge in [-0.25, -0.2) is 13.9 Å². The molecular weight excluding hydrogens is 342 g/mol. The summed E-state index contributed by atoms with van der Waals surface area (Å²) >= 11 is 0. The third kappa shape index (κ3) is 3.31. The monoisotopic (exact) mass is 357 g/mol. The molecule has 24 heavy (non-hydrogen) atoms. The molecule has 1 heterocycles. The van der Waals surface area contributed by atoms with Gasteiger partial charge < -0.3 is 9.94 Å². The summed E-state index contributed by atoms with van der Waals surface area (Å²) in [5.74, 6) is -1.33. The summed E-state index contributed by atoms with van der Waals surface area (Å²) in [5.41, 5.74) is 0.256. The van der Waals surface area contributed by atoms with Gasteiger partial charge in [0.15, 0.2) is 0 Å². The standard InChI is InChI=1S/C13H15N3O7S/c1-13(2,12(17)14-18)8-22-10-11(16(19)23-15-10)24(20,21)9-6-4-3-5-7-9/h3-7,18H,8H2,1-2H3,(H,14,17). The molecule has 0 aliphatic rings. The predicted octanol–water partition coefficient (Wildman–Crippen LogP) is 0.0512. The molecule has 2 N–H and O–H groups in total. The average Bonchev–Trinajstić information content (AvgIpc) is 2.94. The number of carbonyl (C=O) groups excluding carboxylic acids is 1. The molecule has 1 aromatic heterocycles. The van der Waals surface area contributed by atoms with Crippen molar-refractivity contribution in [3.63, 3.8) is 0 Å². The van der Waals surface area contributed by atoms with Crippen LogP contribution in [0.15, 0.2) is 44.9 Å². The van der Waals surface area contributed by atoms with Gasteiger partial charge in [0.25, 0.3) is 15.7 Å². The van der Waals surface area contributed by atoms with Crippen molar-refractivity contribution < 1.29 is 32.7 Å². The topological polar surface area (TPSA) is 146 Å². The molecule has 0 saturated heterocycles. The van der Waals surface area contributed by atoms with Crippen molar-refractivity contribution in [1.29, 1.82) is 0 Å². The highest BCUT2D eigenvalue weighted by Crippen LogP contribution is 2.26. The molecule has 0 radical (unpaired) electrons. The number of aromatic nitrogens is 2. The normalized spacial score (nSPS) is 12.0. The van der Waals surface area contributed by atoms with Crippen LogP contribution in [0.1, 0.15) is 13.8 Å². The van der Waals surface area contributed by atoms with Crippen molar-refractivity contribution in [2.45, 2.75) is 23.8 Å². The summed E-state index contributed by atoms with van der Waals surface area (Å²) in [5, 5.41) is 22.8. The minimum atomic E-state index is -4.23. The van der Waals surface area contributed by atoms with E-state index in [0.29, 0.717) is 0 Å². The molecular formula is C13H15N3O7S. The number of nitrogens with zero attached hydrogens (tertiary/aromatic N) is 2. The Balaban J connectivity index is 2.35. The lowest BCUT2D eigenvalue weighted by Crippen LogP contribution is -2.39. The number of sulfone groups is 1. The maximum atomic E-state index is 12.5. The zero-order valence-electron chi connectivity index (χ0n) is 12.8. The molecule has 1 aromatic carbocycles.